The molecular formula is C18H17N3O3. The molecule has 0 spiro atoms. The fourth-order valence-corrected chi connectivity index (χ4v) is 2.00. The van der Waals surface area contributed by atoms with E-state index in [9.17, 15) is 4.79 Å². The van der Waals surface area contributed by atoms with Gasteiger partial charge in [0, 0.05) is 5.56 Å². The Morgan fingerprint density at radius 2 is 1.62 bits per heavy atom. The summed E-state index contributed by atoms with van der Waals surface area (Å²) in [4.78, 5) is 12.2. The lowest BCUT2D eigenvalue weighted by Crippen LogP contribution is -2.35. The van der Waals surface area contributed by atoms with Crippen LogP contribution in [0.25, 0.3) is 5.70 Å². The predicted molar refractivity (Wildman–Crippen MR) is 90.3 cm³/mol. The van der Waals surface area contributed by atoms with Gasteiger partial charge in [0.05, 0.1) is 31.5 Å². The average molecular weight is 323 g/mol. The van der Waals surface area contributed by atoms with Gasteiger partial charge >= 0.3 is 0 Å². The van der Waals surface area contributed by atoms with Gasteiger partial charge in [-0.1, -0.05) is 18.7 Å². The van der Waals surface area contributed by atoms with Gasteiger partial charge in [-0.05, 0) is 35.9 Å². The highest BCUT2D eigenvalue weighted by Crippen LogP contribution is 2.27. The second kappa shape index (κ2) is 7.70. The molecule has 0 fully saturated rings. The normalized spacial score (nSPS) is 9.54. The van der Waals surface area contributed by atoms with E-state index in [4.69, 9.17) is 14.7 Å². The van der Waals surface area contributed by atoms with Crippen LogP contribution >= 0.6 is 0 Å². The molecule has 0 saturated carbocycles. The van der Waals surface area contributed by atoms with Crippen molar-refractivity contribution in [3.05, 3.63) is 65.7 Å². The van der Waals surface area contributed by atoms with Crippen molar-refractivity contribution in [3.63, 3.8) is 0 Å². The molecule has 0 aliphatic heterocycles. The Labute approximate surface area is 140 Å². The number of amides is 1. The largest absolute Gasteiger partial charge is 0.493 e. The maximum Gasteiger partial charge on any atom is 0.269 e. The first-order chi connectivity index (χ1) is 11.6. The number of carbonyl (C=O) groups excluding carboxylic acids is 1. The number of benzene rings is 2. The van der Waals surface area contributed by atoms with Crippen molar-refractivity contribution >= 4 is 11.6 Å². The SMILES string of the molecule is C=C(NNC(=O)c1ccc(OC)c(OC)c1)c1ccc(C#N)cc1. The number of nitrogens with one attached hydrogen (secondary N) is 2. The first-order valence-electron chi connectivity index (χ1n) is 7.07. The molecule has 0 aliphatic rings. The molecule has 0 radical (unpaired) electrons. The smallest absolute Gasteiger partial charge is 0.269 e. The van der Waals surface area contributed by atoms with Gasteiger partial charge in [0.25, 0.3) is 5.91 Å². The van der Waals surface area contributed by atoms with Gasteiger partial charge in [0.15, 0.2) is 11.5 Å². The van der Waals surface area contributed by atoms with Gasteiger partial charge in [-0.15, -0.1) is 0 Å². The van der Waals surface area contributed by atoms with E-state index in [-0.39, 0.29) is 5.91 Å². The summed E-state index contributed by atoms with van der Waals surface area (Å²) < 4.78 is 10.3. The maximum atomic E-state index is 12.2. The highest BCUT2D eigenvalue weighted by atomic mass is 16.5. The lowest BCUT2D eigenvalue weighted by atomic mass is 10.1. The molecule has 6 nitrogen and oxygen atoms in total. The number of hydrazine groups is 1. The number of hydrogen-bond donors (Lipinski definition) is 2. The highest BCUT2D eigenvalue weighted by Gasteiger charge is 2.11. The van der Waals surface area contributed by atoms with Gasteiger partial charge in [0.1, 0.15) is 0 Å². The lowest BCUT2D eigenvalue weighted by Gasteiger charge is -2.13. The van der Waals surface area contributed by atoms with E-state index < -0.39 is 0 Å². The number of methoxy groups -OCH3 is 2. The number of nitriles is 1. The molecular weight excluding hydrogens is 306 g/mol. The molecule has 0 heterocycles. The Hall–Kier alpha value is -3.46. The number of carbonyl (C=O) groups is 1. The standard InChI is InChI=1S/C18H17N3O3/c1-12(14-6-4-13(11-19)5-7-14)20-21-18(22)15-8-9-16(23-2)17(10-15)24-3/h4-10,20H,1H2,2-3H3,(H,21,22). The molecule has 24 heavy (non-hydrogen) atoms. The summed E-state index contributed by atoms with van der Waals surface area (Å²) in [6.45, 7) is 3.85. The quantitative estimate of drug-likeness (QED) is 0.798. The van der Waals surface area contributed by atoms with Crippen LogP contribution in [0.5, 0.6) is 11.5 Å². The summed E-state index contributed by atoms with van der Waals surface area (Å²) in [5.41, 5.74) is 7.56. The van der Waals surface area contributed by atoms with E-state index in [1.165, 1.54) is 14.2 Å². The Morgan fingerprint density at radius 1 is 1.00 bits per heavy atom. The van der Waals surface area contributed by atoms with Crippen LogP contribution in [0.1, 0.15) is 21.5 Å². The molecule has 2 aromatic carbocycles. The zero-order valence-electron chi connectivity index (χ0n) is 13.4. The van der Waals surface area contributed by atoms with Crippen molar-refractivity contribution in [1.29, 1.82) is 5.26 Å². The molecule has 0 aromatic heterocycles. The summed E-state index contributed by atoms with van der Waals surface area (Å²) in [7, 11) is 3.03. The Kier molecular flexibility index (Phi) is 5.42. The highest BCUT2D eigenvalue weighted by molar-refractivity contribution is 5.95. The molecule has 2 N–H and O–H groups in total. The van der Waals surface area contributed by atoms with Crippen molar-refractivity contribution in [2.45, 2.75) is 0 Å². The van der Waals surface area contributed by atoms with E-state index in [1.54, 1.807) is 42.5 Å². The average Bonchev–Trinajstić information content (AvgIpc) is 2.65. The predicted octanol–water partition coefficient (Wildman–Crippen LogP) is 2.48. The summed E-state index contributed by atoms with van der Waals surface area (Å²) in [6, 6.07) is 13.8. The van der Waals surface area contributed by atoms with Crippen LogP contribution in [0.2, 0.25) is 0 Å². The van der Waals surface area contributed by atoms with Crippen LogP contribution in [0, 0.1) is 11.3 Å². The molecule has 122 valence electrons. The fourth-order valence-electron chi connectivity index (χ4n) is 2.00. The van der Waals surface area contributed by atoms with Gasteiger partial charge in [-0.3, -0.25) is 15.6 Å². The number of ether oxygens (including phenoxy) is 2. The van der Waals surface area contributed by atoms with Crippen molar-refractivity contribution in [2.75, 3.05) is 14.2 Å². The van der Waals surface area contributed by atoms with E-state index in [1.807, 2.05) is 6.07 Å². The van der Waals surface area contributed by atoms with Crippen molar-refractivity contribution in [2.24, 2.45) is 0 Å². The number of rotatable bonds is 6. The molecule has 0 aliphatic carbocycles. The van der Waals surface area contributed by atoms with Gasteiger partial charge in [-0.25, -0.2) is 0 Å². The van der Waals surface area contributed by atoms with Crippen LogP contribution in [0.4, 0.5) is 0 Å². The second-order valence-electron chi connectivity index (χ2n) is 4.82. The first-order valence-corrected chi connectivity index (χ1v) is 7.07. The molecule has 2 rings (SSSR count). The summed E-state index contributed by atoms with van der Waals surface area (Å²) in [5.74, 6) is 0.672. The second-order valence-corrected chi connectivity index (χ2v) is 4.82. The molecule has 6 heteroatoms. The van der Waals surface area contributed by atoms with E-state index in [2.05, 4.69) is 17.4 Å². The molecule has 0 saturated heterocycles. The molecule has 2 aromatic rings. The maximum absolute atomic E-state index is 12.2. The third kappa shape index (κ3) is 3.84. The lowest BCUT2D eigenvalue weighted by molar-refractivity contribution is 0.0942. The summed E-state index contributed by atoms with van der Waals surface area (Å²) in [6.07, 6.45) is 0. The van der Waals surface area contributed by atoms with Crippen molar-refractivity contribution in [3.8, 4) is 17.6 Å². The molecule has 1 amide bonds. The van der Waals surface area contributed by atoms with Gasteiger partial charge < -0.3 is 9.47 Å². The Bertz CT molecular complexity index is 792. The van der Waals surface area contributed by atoms with E-state index in [0.717, 1.165) is 5.56 Å². The van der Waals surface area contributed by atoms with E-state index >= 15 is 0 Å². The van der Waals surface area contributed by atoms with Crippen LogP contribution < -0.4 is 20.3 Å². The van der Waals surface area contributed by atoms with Gasteiger partial charge in [0.2, 0.25) is 0 Å². The van der Waals surface area contributed by atoms with Crippen LogP contribution in [-0.2, 0) is 0 Å². The minimum absolute atomic E-state index is 0.342. The summed E-state index contributed by atoms with van der Waals surface area (Å²) in [5, 5.41) is 8.79. The zero-order chi connectivity index (χ0) is 17.5. The number of nitrogens with zero attached hydrogens (tertiary/aromatic N) is 1. The minimum Gasteiger partial charge on any atom is -0.493 e. The number of hydrogen-bond acceptors (Lipinski definition) is 5. The first kappa shape index (κ1) is 16.9. The van der Waals surface area contributed by atoms with Crippen molar-refractivity contribution < 1.29 is 14.3 Å². The Morgan fingerprint density at radius 3 is 2.21 bits per heavy atom. The third-order valence-corrected chi connectivity index (χ3v) is 3.34. The topological polar surface area (TPSA) is 83.4 Å². The summed E-state index contributed by atoms with van der Waals surface area (Å²) >= 11 is 0. The zero-order valence-corrected chi connectivity index (χ0v) is 13.4. The minimum atomic E-state index is -0.342. The molecule has 0 unspecified atom stereocenters. The third-order valence-electron chi connectivity index (χ3n) is 3.34. The van der Waals surface area contributed by atoms with E-state index in [0.29, 0.717) is 28.3 Å². The van der Waals surface area contributed by atoms with Crippen molar-refractivity contribution in [1.82, 2.24) is 10.9 Å². The molecule has 0 bridgehead atoms. The monoisotopic (exact) mass is 323 g/mol. The van der Waals surface area contributed by atoms with Crippen LogP contribution in [0.3, 0.4) is 0 Å². The van der Waals surface area contributed by atoms with Crippen LogP contribution in [-0.4, -0.2) is 20.1 Å². The fraction of sp³-hybridized carbons (Fsp3) is 0.111. The Balaban J connectivity index is 2.02. The van der Waals surface area contributed by atoms with Gasteiger partial charge in [-0.2, -0.15) is 5.26 Å². The van der Waals surface area contributed by atoms with Crippen LogP contribution in [0.15, 0.2) is 49.0 Å². The molecule has 0 atom stereocenters.